The van der Waals surface area contributed by atoms with Gasteiger partial charge >= 0.3 is 0 Å². The number of fused-ring (bicyclic) bond motifs is 1. The monoisotopic (exact) mass is 257 g/mol. The quantitative estimate of drug-likeness (QED) is 0.914. The summed E-state index contributed by atoms with van der Waals surface area (Å²) in [6.45, 7) is 0.886. The first-order chi connectivity index (χ1) is 8.90. The van der Waals surface area contributed by atoms with Crippen LogP contribution in [-0.4, -0.2) is 16.2 Å². The van der Waals surface area contributed by atoms with Crippen molar-refractivity contribution in [2.45, 2.75) is 37.8 Å². The molecule has 1 atom stereocenters. The molecule has 0 saturated heterocycles. The minimum absolute atomic E-state index is 0.494. The Morgan fingerprint density at radius 3 is 2.94 bits per heavy atom. The molecule has 1 fully saturated rings. The van der Waals surface area contributed by atoms with Gasteiger partial charge in [0.05, 0.1) is 0 Å². The van der Waals surface area contributed by atoms with Crippen LogP contribution in [0, 0.1) is 0 Å². The van der Waals surface area contributed by atoms with Crippen LogP contribution in [0.1, 0.15) is 39.9 Å². The summed E-state index contributed by atoms with van der Waals surface area (Å²) in [7, 11) is 0. The smallest absolute Gasteiger partial charge is 0.131 e. The fourth-order valence-electron chi connectivity index (χ4n) is 2.48. The average molecular weight is 257 g/mol. The zero-order valence-electron chi connectivity index (χ0n) is 10.1. The zero-order valence-corrected chi connectivity index (χ0v) is 10.9. The molecule has 0 aliphatic heterocycles. The molecule has 1 heterocycles. The molecule has 0 radical (unpaired) electrons. The largest absolute Gasteiger partial charge is 0.308 e. The number of nitrogens with one attached hydrogen (secondary N) is 1. The average Bonchev–Trinajstić information content (AvgIpc) is 3.08. The summed E-state index contributed by atoms with van der Waals surface area (Å²) in [6, 6.07) is 9.39. The highest BCUT2D eigenvalue weighted by molar-refractivity contribution is 7.11. The maximum Gasteiger partial charge on any atom is 0.131 e. The van der Waals surface area contributed by atoms with E-state index in [0.29, 0.717) is 5.92 Å². The molecule has 0 spiro atoms. The predicted octanol–water partition coefficient (Wildman–Crippen LogP) is 2.48. The van der Waals surface area contributed by atoms with Gasteiger partial charge in [0.25, 0.3) is 0 Å². The van der Waals surface area contributed by atoms with E-state index >= 15 is 0 Å². The Kier molecular flexibility index (Phi) is 2.45. The van der Waals surface area contributed by atoms with E-state index in [1.807, 2.05) is 0 Å². The van der Waals surface area contributed by atoms with Gasteiger partial charge in [0.2, 0.25) is 0 Å². The molecule has 1 aromatic heterocycles. The summed E-state index contributed by atoms with van der Waals surface area (Å²) in [5.41, 5.74) is 2.91. The molecule has 4 heteroatoms. The lowest BCUT2D eigenvalue weighted by Gasteiger charge is -2.27. The molecule has 0 amide bonds. The van der Waals surface area contributed by atoms with Crippen molar-refractivity contribution in [3.63, 3.8) is 0 Å². The predicted molar refractivity (Wildman–Crippen MR) is 71.8 cm³/mol. The fourth-order valence-corrected chi connectivity index (χ4v) is 3.39. The number of benzene rings is 1. The lowest BCUT2D eigenvalue weighted by Crippen LogP contribution is -2.17. The summed E-state index contributed by atoms with van der Waals surface area (Å²) in [5, 5.41) is 14.5. The van der Waals surface area contributed by atoms with E-state index in [1.165, 1.54) is 29.0 Å². The Balaban J connectivity index is 1.49. The molecule has 0 bridgehead atoms. The molecule has 1 saturated carbocycles. The third kappa shape index (κ3) is 1.85. The van der Waals surface area contributed by atoms with E-state index in [2.05, 4.69) is 39.8 Å². The Hall–Kier alpha value is -1.26. The first-order valence-corrected chi connectivity index (χ1v) is 7.35. The summed E-state index contributed by atoms with van der Waals surface area (Å²) in [5.74, 6) is 0.494. The van der Waals surface area contributed by atoms with Crippen molar-refractivity contribution in [1.82, 2.24) is 15.5 Å². The Bertz CT molecular complexity index is 574. The summed E-state index contributed by atoms with van der Waals surface area (Å²) in [6.07, 6.45) is 3.77. The van der Waals surface area contributed by atoms with Gasteiger partial charge in [-0.3, -0.25) is 0 Å². The second-order valence-corrected chi connectivity index (χ2v) is 6.24. The molecule has 92 valence electrons. The van der Waals surface area contributed by atoms with Crippen molar-refractivity contribution in [2.24, 2.45) is 0 Å². The van der Waals surface area contributed by atoms with Crippen LogP contribution in [0.25, 0.3) is 0 Å². The van der Waals surface area contributed by atoms with Gasteiger partial charge in [0, 0.05) is 18.5 Å². The van der Waals surface area contributed by atoms with Gasteiger partial charge in [0.15, 0.2) is 0 Å². The lowest BCUT2D eigenvalue weighted by atomic mass is 9.78. The lowest BCUT2D eigenvalue weighted by molar-refractivity contribution is 0.670. The second kappa shape index (κ2) is 4.14. The maximum atomic E-state index is 4.36. The minimum atomic E-state index is 0.494. The third-order valence-electron chi connectivity index (χ3n) is 3.75. The van der Waals surface area contributed by atoms with Gasteiger partial charge in [-0.1, -0.05) is 35.6 Å². The summed E-state index contributed by atoms with van der Waals surface area (Å²) in [4.78, 5) is 0. The first-order valence-electron chi connectivity index (χ1n) is 6.53. The van der Waals surface area contributed by atoms with Crippen LogP contribution in [0.5, 0.6) is 0 Å². The highest BCUT2D eigenvalue weighted by Crippen LogP contribution is 2.40. The highest BCUT2D eigenvalue weighted by atomic mass is 32.1. The van der Waals surface area contributed by atoms with Crippen LogP contribution in [0.2, 0.25) is 0 Å². The zero-order chi connectivity index (χ0) is 11.9. The molecule has 1 unspecified atom stereocenters. The van der Waals surface area contributed by atoms with E-state index in [-0.39, 0.29) is 0 Å². The van der Waals surface area contributed by atoms with Crippen molar-refractivity contribution < 1.29 is 0 Å². The minimum Gasteiger partial charge on any atom is -0.308 e. The van der Waals surface area contributed by atoms with Crippen molar-refractivity contribution in [3.05, 3.63) is 45.4 Å². The van der Waals surface area contributed by atoms with E-state index in [1.54, 1.807) is 11.3 Å². The standard InChI is InChI=1S/C14H15N3S/c1-2-4-11-9(3-1)7-12(11)14-17-16-13(18-14)8-15-10-5-6-10/h1-4,10,12,15H,5-8H2. The molecule has 1 N–H and O–H groups in total. The van der Waals surface area contributed by atoms with Crippen molar-refractivity contribution >= 4 is 11.3 Å². The number of nitrogens with zero attached hydrogens (tertiary/aromatic N) is 2. The summed E-state index contributed by atoms with van der Waals surface area (Å²) < 4.78 is 0. The van der Waals surface area contributed by atoms with Gasteiger partial charge < -0.3 is 5.32 Å². The molecule has 2 aromatic rings. The number of rotatable bonds is 4. The molecule has 2 aliphatic rings. The van der Waals surface area contributed by atoms with Gasteiger partial charge in [-0.2, -0.15) is 0 Å². The Morgan fingerprint density at radius 1 is 1.22 bits per heavy atom. The molecular weight excluding hydrogens is 242 g/mol. The topological polar surface area (TPSA) is 37.8 Å². The number of hydrogen-bond acceptors (Lipinski definition) is 4. The van der Waals surface area contributed by atoms with Crippen LogP contribution >= 0.6 is 11.3 Å². The molecule has 3 nitrogen and oxygen atoms in total. The Labute approximate surface area is 110 Å². The van der Waals surface area contributed by atoms with Crippen molar-refractivity contribution in [2.75, 3.05) is 0 Å². The maximum absolute atomic E-state index is 4.36. The van der Waals surface area contributed by atoms with Crippen molar-refractivity contribution in [3.8, 4) is 0 Å². The first kappa shape index (κ1) is 10.6. The van der Waals surface area contributed by atoms with E-state index in [9.17, 15) is 0 Å². The van der Waals surface area contributed by atoms with Gasteiger partial charge in [-0.25, -0.2) is 0 Å². The summed E-state index contributed by atoms with van der Waals surface area (Å²) >= 11 is 1.77. The van der Waals surface area contributed by atoms with Crippen LogP contribution in [0.3, 0.4) is 0 Å². The molecule has 2 aliphatic carbocycles. The molecule has 18 heavy (non-hydrogen) atoms. The van der Waals surface area contributed by atoms with Gasteiger partial charge in [-0.05, 0) is 30.4 Å². The van der Waals surface area contributed by atoms with E-state index < -0.39 is 0 Å². The van der Waals surface area contributed by atoms with E-state index in [0.717, 1.165) is 24.0 Å². The molecular formula is C14H15N3S. The molecule has 4 rings (SSSR count). The van der Waals surface area contributed by atoms with E-state index in [4.69, 9.17) is 0 Å². The van der Waals surface area contributed by atoms with Crippen LogP contribution in [-0.2, 0) is 13.0 Å². The van der Waals surface area contributed by atoms with Crippen molar-refractivity contribution in [1.29, 1.82) is 0 Å². The number of aromatic nitrogens is 2. The second-order valence-electron chi connectivity index (χ2n) is 5.14. The number of hydrogen-bond donors (Lipinski definition) is 1. The van der Waals surface area contributed by atoms with Crippen LogP contribution in [0.4, 0.5) is 0 Å². The van der Waals surface area contributed by atoms with Gasteiger partial charge in [-0.15, -0.1) is 10.2 Å². The fraction of sp³-hybridized carbons (Fsp3) is 0.429. The van der Waals surface area contributed by atoms with Gasteiger partial charge in [0.1, 0.15) is 10.0 Å². The third-order valence-corrected chi connectivity index (χ3v) is 4.79. The highest BCUT2D eigenvalue weighted by Gasteiger charge is 2.30. The normalized spacial score (nSPS) is 21.4. The van der Waals surface area contributed by atoms with Crippen LogP contribution in [0.15, 0.2) is 24.3 Å². The Morgan fingerprint density at radius 2 is 2.11 bits per heavy atom. The molecule has 1 aromatic carbocycles. The van der Waals surface area contributed by atoms with Crippen LogP contribution < -0.4 is 5.32 Å². The SMILES string of the molecule is c1ccc2c(c1)CC2c1nnc(CNC2CC2)s1.